The number of rotatable bonds is 9. The molecule has 1 aliphatic heterocycles. The molecular weight excluding hydrogens is 416 g/mol. The lowest BCUT2D eigenvalue weighted by atomic mass is 9.89. The van der Waals surface area contributed by atoms with Gasteiger partial charge in [0, 0.05) is 30.3 Å². The first kappa shape index (κ1) is 23.1. The van der Waals surface area contributed by atoms with Gasteiger partial charge in [-0.3, -0.25) is 9.52 Å². The van der Waals surface area contributed by atoms with E-state index in [2.05, 4.69) is 9.62 Å². The van der Waals surface area contributed by atoms with Crippen LogP contribution in [0.15, 0.2) is 42.5 Å². The lowest BCUT2D eigenvalue weighted by Crippen LogP contribution is -2.39. The third-order valence-corrected chi connectivity index (χ3v) is 6.12. The van der Waals surface area contributed by atoms with Gasteiger partial charge in [-0.25, -0.2) is 8.42 Å². The molecular formula is C23H30N2O5S. The van der Waals surface area contributed by atoms with E-state index < -0.39 is 10.0 Å². The number of ketones is 1. The average Bonchev–Trinajstić information content (AvgIpc) is 2.76. The van der Waals surface area contributed by atoms with Gasteiger partial charge >= 0.3 is 0 Å². The van der Waals surface area contributed by atoms with Gasteiger partial charge < -0.3 is 14.4 Å². The molecule has 0 radical (unpaired) electrons. The number of carbonyl (C=O) groups excluding carboxylic acids is 1. The number of sulfonamides is 1. The number of benzene rings is 2. The molecule has 0 bridgehead atoms. The van der Waals surface area contributed by atoms with Gasteiger partial charge in [0.25, 0.3) is 0 Å². The molecule has 1 atom stereocenters. The van der Waals surface area contributed by atoms with E-state index in [0.717, 1.165) is 50.9 Å². The number of hydrogen-bond donors (Lipinski definition) is 1. The lowest BCUT2D eigenvalue weighted by Gasteiger charge is -2.32. The molecule has 3 rings (SSSR count). The van der Waals surface area contributed by atoms with Crippen LogP contribution < -0.4 is 14.2 Å². The fraction of sp³-hybridized carbons (Fsp3) is 0.435. The number of nitrogens with zero attached hydrogens (tertiary/aromatic N) is 1. The Morgan fingerprint density at radius 1 is 1.10 bits per heavy atom. The summed E-state index contributed by atoms with van der Waals surface area (Å²) in [6.07, 6.45) is 3.82. The van der Waals surface area contributed by atoms with Gasteiger partial charge in [0.2, 0.25) is 10.0 Å². The predicted molar refractivity (Wildman–Crippen MR) is 122 cm³/mol. The van der Waals surface area contributed by atoms with Crippen molar-refractivity contribution >= 4 is 21.5 Å². The Morgan fingerprint density at radius 2 is 1.81 bits per heavy atom. The molecule has 0 spiro atoms. The quantitative estimate of drug-likeness (QED) is 0.596. The van der Waals surface area contributed by atoms with Crippen LogP contribution in [0.4, 0.5) is 5.69 Å². The number of likely N-dealkylation sites (tertiary alicyclic amines) is 1. The van der Waals surface area contributed by atoms with Crippen molar-refractivity contribution in [3.05, 3.63) is 53.6 Å². The minimum Gasteiger partial charge on any atom is -0.493 e. The number of hydrogen-bond acceptors (Lipinski definition) is 6. The Morgan fingerprint density at radius 3 is 2.45 bits per heavy atom. The van der Waals surface area contributed by atoms with Crippen molar-refractivity contribution in [3.8, 4) is 11.5 Å². The highest BCUT2D eigenvalue weighted by Gasteiger charge is 2.26. The average molecular weight is 447 g/mol. The maximum atomic E-state index is 13.0. The summed E-state index contributed by atoms with van der Waals surface area (Å²) in [5, 5.41) is 0. The Hall–Kier alpha value is -2.58. The van der Waals surface area contributed by atoms with Crippen LogP contribution in [0.2, 0.25) is 0 Å². The Labute approximate surface area is 184 Å². The summed E-state index contributed by atoms with van der Waals surface area (Å²) in [7, 11) is -0.0779. The highest BCUT2D eigenvalue weighted by Crippen LogP contribution is 2.28. The second kappa shape index (κ2) is 10.2. The van der Waals surface area contributed by atoms with Crippen LogP contribution in [0.25, 0.3) is 0 Å². The molecule has 31 heavy (non-hydrogen) atoms. The molecule has 1 heterocycles. The molecule has 1 N–H and O–H groups in total. The van der Waals surface area contributed by atoms with Crippen LogP contribution in [0.1, 0.15) is 28.8 Å². The molecule has 0 saturated carbocycles. The van der Waals surface area contributed by atoms with Gasteiger partial charge in [-0.2, -0.15) is 0 Å². The van der Waals surface area contributed by atoms with Gasteiger partial charge in [0.1, 0.15) is 0 Å². The van der Waals surface area contributed by atoms with Crippen LogP contribution in [-0.4, -0.2) is 59.2 Å². The summed E-state index contributed by atoms with van der Waals surface area (Å²) in [6, 6.07) is 12.6. The van der Waals surface area contributed by atoms with E-state index in [-0.39, 0.29) is 11.7 Å². The van der Waals surface area contributed by atoms with Crippen LogP contribution in [0.3, 0.4) is 0 Å². The molecule has 0 amide bonds. The zero-order chi connectivity index (χ0) is 22.4. The second-order valence-corrected chi connectivity index (χ2v) is 9.64. The molecule has 7 nitrogen and oxygen atoms in total. The van der Waals surface area contributed by atoms with Crippen molar-refractivity contribution in [1.82, 2.24) is 4.90 Å². The molecule has 8 heteroatoms. The minimum absolute atomic E-state index is 0.0483. The number of methoxy groups -OCH3 is 2. The molecule has 168 valence electrons. The first-order chi connectivity index (χ1) is 14.8. The van der Waals surface area contributed by atoms with Crippen LogP contribution >= 0.6 is 0 Å². The topological polar surface area (TPSA) is 84.9 Å². The SMILES string of the molecule is COc1ccc(CCN2CCCC(C(=O)c3ccc(NS(C)(=O)=O)cc3)C2)cc1OC. The van der Waals surface area contributed by atoms with Crippen LogP contribution in [0.5, 0.6) is 11.5 Å². The maximum Gasteiger partial charge on any atom is 0.229 e. The first-order valence-corrected chi connectivity index (χ1v) is 12.2. The molecule has 1 saturated heterocycles. The summed E-state index contributed by atoms with van der Waals surface area (Å²) >= 11 is 0. The minimum atomic E-state index is -3.33. The number of anilines is 1. The number of Topliss-reactive ketones (excluding diaryl/α,β-unsaturated/α-hetero) is 1. The van der Waals surface area contributed by atoms with Crippen molar-refractivity contribution in [2.24, 2.45) is 5.92 Å². The van der Waals surface area contributed by atoms with E-state index in [1.54, 1.807) is 38.5 Å². The summed E-state index contributed by atoms with van der Waals surface area (Å²) < 4.78 is 35.8. The van der Waals surface area contributed by atoms with Gasteiger partial charge in [0.05, 0.1) is 20.5 Å². The Balaban J connectivity index is 1.58. The summed E-state index contributed by atoms with van der Waals surface area (Å²) in [6.45, 7) is 2.58. The Kier molecular flexibility index (Phi) is 7.56. The lowest BCUT2D eigenvalue weighted by molar-refractivity contribution is 0.0821. The highest BCUT2D eigenvalue weighted by molar-refractivity contribution is 7.92. The number of piperidine rings is 1. The fourth-order valence-electron chi connectivity index (χ4n) is 3.95. The normalized spacial score (nSPS) is 17.2. The van der Waals surface area contributed by atoms with Crippen molar-refractivity contribution in [3.63, 3.8) is 0 Å². The fourth-order valence-corrected chi connectivity index (χ4v) is 4.51. The highest BCUT2D eigenvalue weighted by atomic mass is 32.2. The molecule has 2 aromatic rings. The molecule has 1 fully saturated rings. The standard InChI is InChI=1S/C23H30N2O5S/c1-29-21-11-6-17(15-22(21)30-2)12-14-25-13-4-5-19(16-25)23(26)18-7-9-20(10-8-18)24-31(3,27)28/h6-11,15,19,24H,4-5,12-14,16H2,1-3H3. The van der Waals surface area contributed by atoms with E-state index >= 15 is 0 Å². The molecule has 1 aliphatic rings. The van der Waals surface area contributed by atoms with Crippen molar-refractivity contribution in [1.29, 1.82) is 0 Å². The van der Waals surface area contributed by atoms with E-state index in [1.165, 1.54) is 5.56 Å². The van der Waals surface area contributed by atoms with Gasteiger partial charge in [-0.1, -0.05) is 6.07 Å². The predicted octanol–water partition coefficient (Wildman–Crippen LogP) is 3.21. The summed E-state index contributed by atoms with van der Waals surface area (Å²) in [4.78, 5) is 15.3. The zero-order valence-corrected chi connectivity index (χ0v) is 19.1. The van der Waals surface area contributed by atoms with Crippen molar-refractivity contribution in [2.45, 2.75) is 19.3 Å². The largest absolute Gasteiger partial charge is 0.493 e. The van der Waals surface area contributed by atoms with Crippen molar-refractivity contribution in [2.75, 3.05) is 44.8 Å². The summed E-state index contributed by atoms with van der Waals surface area (Å²) in [5.41, 5.74) is 2.24. The molecule has 0 aliphatic carbocycles. The van der Waals surface area contributed by atoms with Crippen molar-refractivity contribution < 1.29 is 22.7 Å². The number of nitrogens with one attached hydrogen (secondary N) is 1. The second-order valence-electron chi connectivity index (χ2n) is 7.89. The number of carbonyl (C=O) groups is 1. The summed E-state index contributed by atoms with van der Waals surface area (Å²) in [5.74, 6) is 1.50. The molecule has 1 unspecified atom stereocenters. The van der Waals surface area contributed by atoms with E-state index in [1.807, 2.05) is 18.2 Å². The van der Waals surface area contributed by atoms with Gasteiger partial charge in [-0.05, 0) is 67.8 Å². The van der Waals surface area contributed by atoms with Gasteiger partial charge in [-0.15, -0.1) is 0 Å². The monoisotopic (exact) mass is 446 g/mol. The Bertz CT molecular complexity index is 1010. The van der Waals surface area contributed by atoms with Gasteiger partial charge in [0.15, 0.2) is 17.3 Å². The zero-order valence-electron chi connectivity index (χ0n) is 18.3. The smallest absolute Gasteiger partial charge is 0.229 e. The number of ether oxygens (including phenoxy) is 2. The first-order valence-electron chi connectivity index (χ1n) is 10.3. The molecule has 2 aromatic carbocycles. The maximum absolute atomic E-state index is 13.0. The third kappa shape index (κ3) is 6.45. The van der Waals surface area contributed by atoms with Crippen LogP contribution in [-0.2, 0) is 16.4 Å². The third-order valence-electron chi connectivity index (χ3n) is 5.51. The van der Waals surface area contributed by atoms with Crippen LogP contribution in [0, 0.1) is 5.92 Å². The van der Waals surface area contributed by atoms with E-state index in [0.29, 0.717) is 17.0 Å². The van der Waals surface area contributed by atoms with E-state index in [4.69, 9.17) is 9.47 Å². The van der Waals surface area contributed by atoms with E-state index in [9.17, 15) is 13.2 Å². The molecule has 0 aromatic heterocycles.